The fraction of sp³-hybridized carbons (Fsp3) is 0.705. The van der Waals surface area contributed by atoms with Gasteiger partial charge in [-0.05, 0) is 70.6 Å². The lowest BCUT2D eigenvalue weighted by Crippen LogP contribution is -2.55. The number of unbranched alkanes of at least 4 members (excludes halogenated alkanes) is 11. The Bertz CT molecular complexity index is 1040. The molecule has 0 saturated carbocycles. The molecule has 0 rings (SSSR count). The van der Waals surface area contributed by atoms with Crippen LogP contribution in [0.4, 0.5) is 0 Å². The van der Waals surface area contributed by atoms with Gasteiger partial charge in [0.15, 0.2) is 6.10 Å². The molecule has 0 aromatic heterocycles. The third-order valence-electron chi connectivity index (χ3n) is 8.65. The molecular formula is C44H75NO7. The first kappa shape index (κ1) is 49.0. The van der Waals surface area contributed by atoms with E-state index in [-0.39, 0.29) is 42.7 Å². The van der Waals surface area contributed by atoms with E-state index in [9.17, 15) is 19.5 Å². The fourth-order valence-corrected chi connectivity index (χ4v) is 5.53. The highest BCUT2D eigenvalue weighted by molar-refractivity contribution is 5.70. The minimum absolute atomic E-state index is 0.0281. The first-order chi connectivity index (χ1) is 25.1. The van der Waals surface area contributed by atoms with Crippen LogP contribution in [0.3, 0.4) is 0 Å². The van der Waals surface area contributed by atoms with Crippen LogP contribution in [0, 0.1) is 0 Å². The van der Waals surface area contributed by atoms with E-state index in [1.54, 1.807) is 21.1 Å². The molecule has 2 atom stereocenters. The Kier molecular flexibility index (Phi) is 33.1. The molecule has 0 aliphatic heterocycles. The summed E-state index contributed by atoms with van der Waals surface area (Å²) in [5, 5.41) is 11.6. The van der Waals surface area contributed by atoms with Gasteiger partial charge in [-0.3, -0.25) is 9.59 Å². The summed E-state index contributed by atoms with van der Waals surface area (Å²) in [4.78, 5) is 36.7. The van der Waals surface area contributed by atoms with Crippen molar-refractivity contribution in [3.05, 3.63) is 60.8 Å². The smallest absolute Gasteiger partial charge is 0.306 e. The van der Waals surface area contributed by atoms with E-state index in [0.29, 0.717) is 12.8 Å². The van der Waals surface area contributed by atoms with Gasteiger partial charge in [0.05, 0.1) is 40.3 Å². The van der Waals surface area contributed by atoms with E-state index in [2.05, 4.69) is 74.6 Å². The molecule has 0 N–H and O–H groups in total. The summed E-state index contributed by atoms with van der Waals surface area (Å²) in [6.07, 6.45) is 41.0. The SMILES string of the molecule is CC/C=C/C/C=C/C/C=C/CCCCCCCCC(=O)OC(COCCC(C(=O)[O-])[N+](C)(C)C)COC(=O)CCCCCCC/C=C/C/C=C/CC. The first-order valence-corrected chi connectivity index (χ1v) is 20.3. The second-order valence-corrected chi connectivity index (χ2v) is 14.5. The number of carboxylic acids is 1. The zero-order chi connectivity index (χ0) is 38.5. The molecule has 0 heterocycles. The lowest BCUT2D eigenvalue weighted by Gasteiger charge is -2.34. The number of rotatable bonds is 35. The van der Waals surface area contributed by atoms with E-state index in [1.807, 2.05) is 0 Å². The van der Waals surface area contributed by atoms with Crippen molar-refractivity contribution >= 4 is 17.9 Å². The Morgan fingerprint density at radius 1 is 0.577 bits per heavy atom. The van der Waals surface area contributed by atoms with E-state index in [4.69, 9.17) is 14.2 Å². The maximum atomic E-state index is 12.7. The van der Waals surface area contributed by atoms with Crippen LogP contribution in [0.15, 0.2) is 60.8 Å². The van der Waals surface area contributed by atoms with E-state index in [1.165, 1.54) is 12.8 Å². The fourth-order valence-electron chi connectivity index (χ4n) is 5.53. The Morgan fingerprint density at radius 2 is 1.02 bits per heavy atom. The molecule has 0 spiro atoms. The van der Waals surface area contributed by atoms with Gasteiger partial charge < -0.3 is 28.6 Å². The zero-order valence-electron chi connectivity index (χ0n) is 33.7. The van der Waals surface area contributed by atoms with Crippen molar-refractivity contribution in [2.45, 2.75) is 161 Å². The lowest BCUT2D eigenvalue weighted by molar-refractivity contribution is -0.889. The Morgan fingerprint density at radius 3 is 1.50 bits per heavy atom. The van der Waals surface area contributed by atoms with Crippen molar-refractivity contribution in [2.75, 3.05) is 41.0 Å². The summed E-state index contributed by atoms with van der Waals surface area (Å²) in [6.45, 7) is 4.39. The van der Waals surface area contributed by atoms with E-state index in [0.717, 1.165) is 103 Å². The number of carbonyl (C=O) groups is 3. The van der Waals surface area contributed by atoms with Crippen molar-refractivity contribution in [2.24, 2.45) is 0 Å². The van der Waals surface area contributed by atoms with Gasteiger partial charge in [0.1, 0.15) is 12.6 Å². The molecule has 52 heavy (non-hydrogen) atoms. The summed E-state index contributed by atoms with van der Waals surface area (Å²) in [5.74, 6) is -1.78. The number of carboxylic acid groups (broad SMARTS) is 1. The van der Waals surface area contributed by atoms with Gasteiger partial charge in [0.25, 0.3) is 0 Å². The van der Waals surface area contributed by atoms with Crippen LogP contribution in [0.5, 0.6) is 0 Å². The summed E-state index contributed by atoms with van der Waals surface area (Å²) < 4.78 is 17.1. The van der Waals surface area contributed by atoms with Crippen LogP contribution in [0.25, 0.3) is 0 Å². The van der Waals surface area contributed by atoms with Gasteiger partial charge in [-0.15, -0.1) is 0 Å². The van der Waals surface area contributed by atoms with Crippen molar-refractivity contribution in [1.29, 1.82) is 0 Å². The number of ether oxygens (including phenoxy) is 3. The predicted molar refractivity (Wildman–Crippen MR) is 212 cm³/mol. The highest BCUT2D eigenvalue weighted by Gasteiger charge is 2.25. The topological polar surface area (TPSA) is 102 Å². The lowest BCUT2D eigenvalue weighted by atomic mass is 10.1. The molecule has 8 nitrogen and oxygen atoms in total. The van der Waals surface area contributed by atoms with Crippen LogP contribution < -0.4 is 5.11 Å². The van der Waals surface area contributed by atoms with Crippen molar-refractivity contribution in [3.63, 3.8) is 0 Å². The summed E-state index contributed by atoms with van der Waals surface area (Å²) in [7, 11) is 5.38. The minimum Gasteiger partial charge on any atom is -0.544 e. The quantitative estimate of drug-likeness (QED) is 0.0277. The maximum Gasteiger partial charge on any atom is 0.306 e. The number of aliphatic carboxylic acids is 1. The predicted octanol–water partition coefficient (Wildman–Crippen LogP) is 9.30. The number of nitrogens with zero attached hydrogens (tertiary/aromatic N) is 1. The second-order valence-electron chi connectivity index (χ2n) is 14.5. The molecule has 0 radical (unpaired) electrons. The van der Waals surface area contributed by atoms with Crippen LogP contribution in [0.2, 0.25) is 0 Å². The van der Waals surface area contributed by atoms with Crippen LogP contribution in [-0.2, 0) is 28.6 Å². The Labute approximate surface area is 318 Å². The molecule has 8 heteroatoms. The number of hydrogen-bond acceptors (Lipinski definition) is 7. The average molecular weight is 730 g/mol. The maximum absolute atomic E-state index is 12.7. The number of esters is 2. The molecule has 0 aromatic carbocycles. The van der Waals surface area contributed by atoms with Gasteiger partial charge in [0.2, 0.25) is 0 Å². The third kappa shape index (κ3) is 32.9. The van der Waals surface area contributed by atoms with Crippen molar-refractivity contribution < 1.29 is 38.2 Å². The van der Waals surface area contributed by atoms with E-state index >= 15 is 0 Å². The average Bonchev–Trinajstić information content (AvgIpc) is 3.09. The van der Waals surface area contributed by atoms with Crippen LogP contribution in [0.1, 0.15) is 149 Å². The molecule has 2 unspecified atom stereocenters. The number of likely N-dealkylation sites (N-methyl/N-ethyl adjacent to an activating group) is 1. The van der Waals surface area contributed by atoms with Gasteiger partial charge in [-0.2, -0.15) is 0 Å². The summed E-state index contributed by atoms with van der Waals surface area (Å²) >= 11 is 0. The number of carbonyl (C=O) groups excluding carboxylic acids is 3. The van der Waals surface area contributed by atoms with E-state index < -0.39 is 18.1 Å². The molecule has 0 aliphatic carbocycles. The molecule has 0 fully saturated rings. The number of hydrogen-bond donors (Lipinski definition) is 0. The van der Waals surface area contributed by atoms with Crippen molar-refractivity contribution in [1.82, 2.24) is 0 Å². The number of quaternary nitrogens is 1. The summed E-state index contributed by atoms with van der Waals surface area (Å²) in [5.41, 5.74) is 0. The molecule has 298 valence electrons. The summed E-state index contributed by atoms with van der Waals surface area (Å²) in [6, 6.07) is -0.731. The molecule has 0 aliphatic rings. The standard InChI is InChI=1S/C44H75NO7/c1-6-8-10-12-14-16-18-20-21-22-23-25-27-29-31-33-35-43(47)52-40(38-50-37-36-41(44(48)49)45(3,4)5)39-51-42(46)34-32-30-28-26-24-19-17-15-13-11-9-7-2/h8-11,14-17,20-21,40-41H,6-7,12-13,18-19,22-39H2,1-5H3/b10-8+,11-9+,16-14+,17-15+,21-20+. The monoisotopic (exact) mass is 730 g/mol. The Hall–Kier alpha value is -2.97. The first-order valence-electron chi connectivity index (χ1n) is 20.3. The molecule has 0 bridgehead atoms. The molecular weight excluding hydrogens is 654 g/mol. The van der Waals surface area contributed by atoms with Crippen LogP contribution in [-0.4, -0.2) is 75.5 Å². The molecule has 0 aromatic rings. The molecule has 0 amide bonds. The minimum atomic E-state index is -1.13. The zero-order valence-corrected chi connectivity index (χ0v) is 33.7. The van der Waals surface area contributed by atoms with Gasteiger partial charge in [0, 0.05) is 19.3 Å². The van der Waals surface area contributed by atoms with Crippen molar-refractivity contribution in [3.8, 4) is 0 Å². The van der Waals surface area contributed by atoms with Gasteiger partial charge in [-0.25, -0.2) is 0 Å². The Balaban J connectivity index is 4.43. The highest BCUT2D eigenvalue weighted by Crippen LogP contribution is 2.13. The van der Waals surface area contributed by atoms with Gasteiger partial charge in [-0.1, -0.05) is 120 Å². The number of allylic oxidation sites excluding steroid dienone is 10. The van der Waals surface area contributed by atoms with Gasteiger partial charge >= 0.3 is 11.9 Å². The normalized spacial score (nSPS) is 13.6. The largest absolute Gasteiger partial charge is 0.544 e. The second kappa shape index (κ2) is 35.1. The molecule has 0 saturated heterocycles. The van der Waals surface area contributed by atoms with Crippen LogP contribution >= 0.6 is 0 Å². The highest BCUT2D eigenvalue weighted by atomic mass is 16.6. The third-order valence-corrected chi connectivity index (χ3v) is 8.65.